The van der Waals surface area contributed by atoms with Gasteiger partial charge in [0.1, 0.15) is 30.3 Å². The fourth-order valence-electron chi connectivity index (χ4n) is 10.4. The third kappa shape index (κ3) is 7.48. The molecule has 4 aliphatic rings. The number of fused-ring (bicyclic) bond motifs is 7. The summed E-state index contributed by atoms with van der Waals surface area (Å²) in [4.78, 5) is 74.6. The molecule has 16 nitrogen and oxygen atoms in total. The van der Waals surface area contributed by atoms with Crippen molar-refractivity contribution in [2.75, 3.05) is 39.3 Å². The highest BCUT2D eigenvalue weighted by molar-refractivity contribution is 6.08. The summed E-state index contributed by atoms with van der Waals surface area (Å²) in [5.74, 6) is 1.95. The Bertz CT molecular complexity index is 2840. The van der Waals surface area contributed by atoms with Gasteiger partial charge in [0.15, 0.2) is 5.78 Å². The van der Waals surface area contributed by atoms with Gasteiger partial charge in [-0.25, -0.2) is 19.6 Å². The molecule has 6 aromatic rings. The minimum atomic E-state index is -1.16. The Morgan fingerprint density at radius 3 is 2.55 bits per heavy atom. The smallest absolute Gasteiger partial charge is 0.407 e. The number of methoxy groups -OCH3 is 2. The van der Waals surface area contributed by atoms with Gasteiger partial charge in [0.25, 0.3) is 0 Å². The van der Waals surface area contributed by atoms with Crippen LogP contribution in [0.15, 0.2) is 79.0 Å². The van der Waals surface area contributed by atoms with Crippen molar-refractivity contribution in [3.05, 3.63) is 95.9 Å². The van der Waals surface area contributed by atoms with Crippen LogP contribution in [0.5, 0.6) is 5.75 Å². The number of carbonyl (C=O) groups is 4. The maximum atomic E-state index is 14.4. The van der Waals surface area contributed by atoms with Crippen LogP contribution < -0.4 is 15.0 Å². The molecule has 1 aliphatic carbocycles. The van der Waals surface area contributed by atoms with Crippen molar-refractivity contribution in [2.24, 2.45) is 17.8 Å². The second-order valence-electron chi connectivity index (χ2n) is 18.2. The van der Waals surface area contributed by atoms with Gasteiger partial charge in [-0.05, 0) is 83.0 Å². The molecule has 3 unspecified atom stereocenters. The quantitative estimate of drug-likeness (QED) is 0.0953. The lowest BCUT2D eigenvalue weighted by Gasteiger charge is -2.32. The number of aromatic nitrogens is 4. The number of nitrogens with one attached hydrogen (secondary N) is 3. The number of Topliss-reactive ketones (excluding diaryl/α,β-unsaturated/α-hetero) is 1. The SMILES string of the molecule is COCC1C[C@@H](c2ncc(-c3ccc4c(c3)COc3cc5c(ccc6nc(N7C8C[C@@H]8C[C@H]7C(=O)[C@@H](c7ccccc7)N(C)C(=O)O)[nH]c65)cc3-4)[nH]2)N(C(=O)C(NC(=O)OC)C(C)C)C1. The van der Waals surface area contributed by atoms with Crippen LogP contribution in [-0.4, -0.2) is 111 Å². The van der Waals surface area contributed by atoms with Gasteiger partial charge in [0, 0.05) is 43.6 Å². The van der Waals surface area contributed by atoms with E-state index in [4.69, 9.17) is 24.2 Å². The Balaban J connectivity index is 0.916. The van der Waals surface area contributed by atoms with Gasteiger partial charge < -0.3 is 44.4 Å². The first-order valence-electron chi connectivity index (χ1n) is 22.2. The van der Waals surface area contributed by atoms with E-state index in [1.165, 1.54) is 14.2 Å². The standard InChI is InChI=1S/C49H52N8O8/c1-25(2)41(54-48(60)64-5)46(59)56-22-26(23-63-4)15-39(56)45-50-21-36(51-45)29-11-13-32-31(16-29)24-65-40-20-33-28(17-34(32)40)12-14-35-42(33)53-47(52-35)57-37-18-30(37)19-38(57)44(58)43(55(3)49(61)62)27-9-7-6-8-10-27/h6-14,16-17,20-21,25-26,30,37-39,41,43H,15,18-19,22-24H2,1-5H3,(H,50,51)(H,52,53)(H,54,60)(H,61,62)/t26?,30-,37?,38+,39+,41?,43-/m1/s1. The zero-order valence-corrected chi connectivity index (χ0v) is 36.9. The first-order valence-corrected chi connectivity index (χ1v) is 22.2. The number of carbonyl (C=O) groups excluding carboxylic acids is 3. The Kier molecular flexibility index (Phi) is 10.7. The number of rotatable bonds is 12. The Morgan fingerprint density at radius 2 is 1.80 bits per heavy atom. The van der Waals surface area contributed by atoms with E-state index in [0.29, 0.717) is 55.9 Å². The minimum absolute atomic E-state index is 0.100. The zero-order valence-electron chi connectivity index (χ0n) is 36.9. The van der Waals surface area contributed by atoms with Crippen molar-refractivity contribution in [1.29, 1.82) is 0 Å². The molecule has 5 heterocycles. The first kappa shape index (κ1) is 42.0. The van der Waals surface area contributed by atoms with Crippen LogP contribution in [0.25, 0.3) is 44.2 Å². The van der Waals surface area contributed by atoms with E-state index in [0.717, 1.165) is 66.8 Å². The predicted molar refractivity (Wildman–Crippen MR) is 242 cm³/mol. The molecule has 0 spiro atoms. The van der Waals surface area contributed by atoms with Crippen molar-refractivity contribution < 1.29 is 38.5 Å². The molecule has 7 atom stereocenters. The number of nitrogens with zero attached hydrogens (tertiary/aromatic N) is 5. The molecule has 4 aromatic carbocycles. The number of H-pyrrole nitrogens is 2. The molecule has 0 bridgehead atoms. The lowest BCUT2D eigenvalue weighted by Crippen LogP contribution is -2.51. The summed E-state index contributed by atoms with van der Waals surface area (Å²) in [5.41, 5.74) is 7.04. The molecule has 10 rings (SSSR count). The average molecular weight is 881 g/mol. The Hall–Kier alpha value is -6.94. The second kappa shape index (κ2) is 16.6. The minimum Gasteiger partial charge on any atom is -0.488 e. The number of benzene rings is 4. The average Bonchev–Trinajstić information content (AvgIpc) is 3.77. The summed E-state index contributed by atoms with van der Waals surface area (Å²) in [6.45, 7) is 5.11. The third-order valence-corrected chi connectivity index (χ3v) is 13.8. The number of carboxylic acid groups (broad SMARTS) is 1. The Labute approximate surface area is 375 Å². The highest BCUT2D eigenvalue weighted by Crippen LogP contribution is 2.51. The number of amides is 3. The van der Waals surface area contributed by atoms with E-state index >= 15 is 0 Å². The van der Waals surface area contributed by atoms with Gasteiger partial charge in [-0.2, -0.15) is 0 Å². The van der Waals surface area contributed by atoms with Gasteiger partial charge in [-0.1, -0.05) is 62.4 Å². The van der Waals surface area contributed by atoms with Crippen LogP contribution in [0.1, 0.15) is 62.1 Å². The lowest BCUT2D eigenvalue weighted by molar-refractivity contribution is -0.135. The fourth-order valence-corrected chi connectivity index (χ4v) is 10.4. The third-order valence-electron chi connectivity index (χ3n) is 13.8. The van der Waals surface area contributed by atoms with E-state index in [9.17, 15) is 24.3 Å². The number of imidazole rings is 2. The number of ketones is 1. The Morgan fingerprint density at radius 1 is 0.985 bits per heavy atom. The number of aromatic amines is 2. The molecule has 0 radical (unpaired) electrons. The summed E-state index contributed by atoms with van der Waals surface area (Å²) in [6, 6.07) is 21.2. The van der Waals surface area contributed by atoms with Crippen molar-refractivity contribution in [3.8, 4) is 28.1 Å². The molecule has 336 valence electrons. The summed E-state index contributed by atoms with van der Waals surface area (Å²) in [6.07, 6.45) is 2.25. The van der Waals surface area contributed by atoms with Crippen LogP contribution in [0.2, 0.25) is 0 Å². The normalized spacial score (nSPS) is 21.7. The van der Waals surface area contributed by atoms with Gasteiger partial charge in [0.05, 0.1) is 48.7 Å². The van der Waals surface area contributed by atoms with Crippen LogP contribution >= 0.6 is 0 Å². The molecule has 3 amide bonds. The van der Waals surface area contributed by atoms with Crippen molar-refractivity contribution in [1.82, 2.24) is 35.1 Å². The van der Waals surface area contributed by atoms with Crippen LogP contribution in [-0.2, 0) is 25.7 Å². The molecule has 3 aliphatic heterocycles. The number of likely N-dealkylation sites (tertiary alicyclic amines) is 1. The molecular weight excluding hydrogens is 829 g/mol. The van der Waals surface area contributed by atoms with Crippen LogP contribution in [0.4, 0.5) is 15.5 Å². The molecular formula is C49H52N8O8. The molecule has 3 fully saturated rings. The van der Waals surface area contributed by atoms with Crippen LogP contribution in [0.3, 0.4) is 0 Å². The summed E-state index contributed by atoms with van der Waals surface area (Å²) >= 11 is 0. The van der Waals surface area contributed by atoms with Gasteiger partial charge in [-0.3, -0.25) is 14.5 Å². The summed E-state index contributed by atoms with van der Waals surface area (Å²) in [5, 5.41) is 14.6. The van der Waals surface area contributed by atoms with Gasteiger partial charge in [0.2, 0.25) is 11.9 Å². The highest BCUT2D eigenvalue weighted by Gasteiger charge is 2.56. The molecule has 2 aromatic heterocycles. The van der Waals surface area contributed by atoms with Crippen molar-refractivity contribution in [3.63, 3.8) is 0 Å². The van der Waals surface area contributed by atoms with E-state index < -0.39 is 30.3 Å². The number of hydrogen-bond acceptors (Lipinski definition) is 10. The van der Waals surface area contributed by atoms with Crippen LogP contribution in [0, 0.1) is 17.8 Å². The predicted octanol–water partition coefficient (Wildman–Crippen LogP) is 7.47. The molecule has 1 saturated carbocycles. The second-order valence-corrected chi connectivity index (χ2v) is 18.2. The maximum absolute atomic E-state index is 14.4. The molecule has 2 saturated heterocycles. The maximum Gasteiger partial charge on any atom is 0.407 e. The van der Waals surface area contributed by atoms with Gasteiger partial charge in [-0.15, -0.1) is 0 Å². The van der Waals surface area contributed by atoms with Crippen molar-refractivity contribution >= 4 is 51.6 Å². The first-order chi connectivity index (χ1) is 31.4. The summed E-state index contributed by atoms with van der Waals surface area (Å²) in [7, 11) is 4.39. The highest BCUT2D eigenvalue weighted by atomic mass is 16.5. The van der Waals surface area contributed by atoms with Crippen molar-refractivity contribution in [2.45, 2.75) is 69.9 Å². The number of piperidine rings is 1. The number of anilines is 1. The van der Waals surface area contributed by atoms with E-state index in [-0.39, 0.29) is 35.6 Å². The number of ether oxygens (including phenoxy) is 3. The zero-order chi connectivity index (χ0) is 45.3. The van der Waals surface area contributed by atoms with E-state index in [1.54, 1.807) is 30.3 Å². The number of hydrogen-bond donors (Lipinski definition) is 4. The molecule has 16 heteroatoms. The number of alkyl carbamates (subject to hydrolysis) is 1. The molecule has 65 heavy (non-hydrogen) atoms. The van der Waals surface area contributed by atoms with Gasteiger partial charge >= 0.3 is 12.2 Å². The number of likely N-dealkylation sites (N-methyl/N-ethyl adjacent to an activating group) is 1. The largest absolute Gasteiger partial charge is 0.488 e. The topological polar surface area (TPSA) is 195 Å². The monoisotopic (exact) mass is 880 g/mol. The summed E-state index contributed by atoms with van der Waals surface area (Å²) < 4.78 is 16.8. The lowest BCUT2D eigenvalue weighted by atomic mass is 9.92. The van der Waals surface area contributed by atoms with E-state index in [1.807, 2.05) is 38.1 Å². The molecule has 4 N–H and O–H groups in total. The fraction of sp³-hybridized carbons (Fsp3) is 0.388. The van der Waals surface area contributed by atoms with E-state index in [2.05, 4.69) is 56.6 Å².